The summed E-state index contributed by atoms with van der Waals surface area (Å²) in [6.45, 7) is 6.53. The van der Waals surface area contributed by atoms with Crippen molar-refractivity contribution in [3.63, 3.8) is 0 Å². The molecule has 128 valence electrons. The van der Waals surface area contributed by atoms with Gasteiger partial charge < -0.3 is 15.5 Å². The number of nitrogens with one attached hydrogen (secondary N) is 2. The van der Waals surface area contributed by atoms with Crippen LogP contribution >= 0.6 is 0 Å². The summed E-state index contributed by atoms with van der Waals surface area (Å²) in [5.74, 6) is 0. The van der Waals surface area contributed by atoms with Crippen LogP contribution in [0, 0.1) is 0 Å². The minimum Gasteiger partial charge on any atom is -0.338 e. The SMILES string of the molecule is CC(CCc1ccccc1)NC(=O)NCCCCN1CCCC1. The van der Waals surface area contributed by atoms with Crippen LogP contribution in [0.1, 0.15) is 44.6 Å². The van der Waals surface area contributed by atoms with Crippen LogP contribution in [0.25, 0.3) is 0 Å². The van der Waals surface area contributed by atoms with Gasteiger partial charge in [-0.05, 0) is 70.6 Å². The molecule has 1 aliphatic heterocycles. The van der Waals surface area contributed by atoms with Gasteiger partial charge in [0.1, 0.15) is 0 Å². The van der Waals surface area contributed by atoms with Crippen molar-refractivity contribution in [2.45, 2.75) is 51.5 Å². The lowest BCUT2D eigenvalue weighted by atomic mass is 10.1. The fourth-order valence-corrected chi connectivity index (χ4v) is 3.04. The molecule has 0 bridgehead atoms. The zero-order valence-electron chi connectivity index (χ0n) is 14.4. The van der Waals surface area contributed by atoms with Crippen molar-refractivity contribution in [3.8, 4) is 0 Å². The number of hydrogen-bond acceptors (Lipinski definition) is 2. The Morgan fingerprint density at radius 2 is 1.91 bits per heavy atom. The number of carbonyl (C=O) groups is 1. The van der Waals surface area contributed by atoms with E-state index < -0.39 is 0 Å². The Bertz CT molecular complexity index is 443. The number of rotatable bonds is 9. The molecule has 1 fully saturated rings. The van der Waals surface area contributed by atoms with Crippen LogP contribution in [0.15, 0.2) is 30.3 Å². The topological polar surface area (TPSA) is 44.4 Å². The average Bonchev–Trinajstić information content (AvgIpc) is 3.07. The quantitative estimate of drug-likeness (QED) is 0.687. The Hall–Kier alpha value is -1.55. The third-order valence-electron chi connectivity index (χ3n) is 4.47. The van der Waals surface area contributed by atoms with Gasteiger partial charge in [0.25, 0.3) is 0 Å². The van der Waals surface area contributed by atoms with E-state index in [0.717, 1.165) is 25.8 Å². The molecule has 4 nitrogen and oxygen atoms in total. The largest absolute Gasteiger partial charge is 0.338 e. The standard InChI is InChI=1S/C19H31N3O/c1-17(11-12-18-9-3-2-4-10-18)21-19(23)20-13-5-6-14-22-15-7-8-16-22/h2-4,9-10,17H,5-8,11-16H2,1H3,(H2,20,21,23). The molecule has 1 saturated heterocycles. The third-order valence-corrected chi connectivity index (χ3v) is 4.47. The van der Waals surface area contributed by atoms with Gasteiger partial charge >= 0.3 is 6.03 Å². The van der Waals surface area contributed by atoms with Gasteiger partial charge in [0.15, 0.2) is 0 Å². The van der Waals surface area contributed by atoms with Gasteiger partial charge in [0.05, 0.1) is 0 Å². The van der Waals surface area contributed by atoms with E-state index in [-0.39, 0.29) is 12.1 Å². The van der Waals surface area contributed by atoms with Crippen LogP contribution in [0.4, 0.5) is 4.79 Å². The van der Waals surface area contributed by atoms with Gasteiger partial charge in [0.2, 0.25) is 0 Å². The summed E-state index contributed by atoms with van der Waals surface area (Å²) >= 11 is 0. The summed E-state index contributed by atoms with van der Waals surface area (Å²) in [6.07, 6.45) is 6.89. The molecule has 1 atom stereocenters. The van der Waals surface area contributed by atoms with Crippen molar-refractivity contribution in [2.75, 3.05) is 26.2 Å². The highest BCUT2D eigenvalue weighted by Gasteiger charge is 2.10. The van der Waals surface area contributed by atoms with Crippen LogP contribution in [0.5, 0.6) is 0 Å². The van der Waals surface area contributed by atoms with Crippen LogP contribution in [0.2, 0.25) is 0 Å². The lowest BCUT2D eigenvalue weighted by molar-refractivity contribution is 0.236. The van der Waals surface area contributed by atoms with E-state index >= 15 is 0 Å². The van der Waals surface area contributed by atoms with E-state index in [1.54, 1.807) is 0 Å². The number of benzene rings is 1. The highest BCUT2D eigenvalue weighted by Crippen LogP contribution is 2.08. The lowest BCUT2D eigenvalue weighted by Gasteiger charge is -2.16. The number of carbonyl (C=O) groups excluding carboxylic acids is 1. The molecule has 0 aliphatic carbocycles. The highest BCUT2D eigenvalue weighted by atomic mass is 16.2. The maximum Gasteiger partial charge on any atom is 0.314 e. The Labute approximate surface area is 140 Å². The third kappa shape index (κ3) is 7.51. The molecule has 0 radical (unpaired) electrons. The van der Waals surface area contributed by atoms with Crippen LogP contribution in [0.3, 0.4) is 0 Å². The van der Waals surface area contributed by atoms with Crippen molar-refractivity contribution in [2.24, 2.45) is 0 Å². The molecule has 1 heterocycles. The predicted molar refractivity (Wildman–Crippen MR) is 95.7 cm³/mol. The van der Waals surface area contributed by atoms with Gasteiger partial charge in [0, 0.05) is 12.6 Å². The van der Waals surface area contributed by atoms with Gasteiger partial charge in [-0.2, -0.15) is 0 Å². The second kappa shape index (κ2) is 10.3. The summed E-state index contributed by atoms with van der Waals surface area (Å²) in [4.78, 5) is 14.4. The monoisotopic (exact) mass is 317 g/mol. The molecule has 0 saturated carbocycles. The predicted octanol–water partition coefficient (Wildman–Crippen LogP) is 3.18. The van der Waals surface area contributed by atoms with Gasteiger partial charge in [-0.3, -0.25) is 0 Å². The molecule has 2 rings (SSSR count). The normalized spacial score (nSPS) is 16.2. The number of urea groups is 1. The summed E-state index contributed by atoms with van der Waals surface area (Å²) in [6, 6.07) is 10.6. The Kier molecular flexibility index (Phi) is 7.95. The molecule has 23 heavy (non-hydrogen) atoms. The van der Waals surface area contributed by atoms with Gasteiger partial charge in [-0.1, -0.05) is 30.3 Å². The minimum absolute atomic E-state index is 0.0354. The second-order valence-electron chi connectivity index (χ2n) is 6.58. The maximum atomic E-state index is 11.9. The van der Waals surface area contributed by atoms with E-state index in [1.807, 2.05) is 6.07 Å². The van der Waals surface area contributed by atoms with Crippen LogP contribution < -0.4 is 10.6 Å². The fourth-order valence-electron chi connectivity index (χ4n) is 3.04. The van der Waals surface area contributed by atoms with Crippen molar-refractivity contribution in [1.29, 1.82) is 0 Å². The van der Waals surface area contributed by atoms with Crippen molar-refractivity contribution >= 4 is 6.03 Å². The second-order valence-corrected chi connectivity index (χ2v) is 6.58. The first-order valence-corrected chi connectivity index (χ1v) is 9.04. The number of amides is 2. The summed E-state index contributed by atoms with van der Waals surface area (Å²) in [5.41, 5.74) is 1.32. The first-order chi connectivity index (χ1) is 11.2. The van der Waals surface area contributed by atoms with Gasteiger partial charge in [-0.15, -0.1) is 0 Å². The summed E-state index contributed by atoms with van der Waals surface area (Å²) in [7, 11) is 0. The molecule has 2 amide bonds. The van der Waals surface area contributed by atoms with Crippen LogP contribution in [-0.2, 0) is 6.42 Å². The molecule has 4 heteroatoms. The van der Waals surface area contributed by atoms with Crippen molar-refractivity contribution in [1.82, 2.24) is 15.5 Å². The minimum atomic E-state index is -0.0354. The number of hydrogen-bond donors (Lipinski definition) is 2. The summed E-state index contributed by atoms with van der Waals surface area (Å²) in [5, 5.41) is 5.99. The zero-order chi connectivity index (χ0) is 16.3. The molecular weight excluding hydrogens is 286 g/mol. The van der Waals surface area contributed by atoms with Crippen molar-refractivity contribution < 1.29 is 4.79 Å². The number of unbranched alkanes of at least 4 members (excludes halogenated alkanes) is 1. The first kappa shape index (κ1) is 17.8. The first-order valence-electron chi connectivity index (χ1n) is 9.04. The number of likely N-dealkylation sites (tertiary alicyclic amines) is 1. The van der Waals surface area contributed by atoms with E-state index in [0.29, 0.717) is 0 Å². The molecule has 0 spiro atoms. The number of nitrogens with zero attached hydrogens (tertiary/aromatic N) is 1. The molecule has 1 aliphatic rings. The smallest absolute Gasteiger partial charge is 0.314 e. The summed E-state index contributed by atoms with van der Waals surface area (Å²) < 4.78 is 0. The molecule has 0 aromatic heterocycles. The molecule has 1 aromatic carbocycles. The highest BCUT2D eigenvalue weighted by molar-refractivity contribution is 5.74. The Balaban J connectivity index is 1.48. The fraction of sp³-hybridized carbons (Fsp3) is 0.632. The van der Waals surface area contributed by atoms with E-state index in [9.17, 15) is 4.79 Å². The van der Waals surface area contributed by atoms with Crippen molar-refractivity contribution in [3.05, 3.63) is 35.9 Å². The maximum absolute atomic E-state index is 11.9. The van der Waals surface area contributed by atoms with E-state index in [1.165, 1.54) is 44.5 Å². The average molecular weight is 317 g/mol. The van der Waals surface area contributed by atoms with Gasteiger partial charge in [-0.25, -0.2) is 4.79 Å². The molecule has 1 unspecified atom stereocenters. The Morgan fingerprint density at radius 3 is 2.65 bits per heavy atom. The number of aryl methyl sites for hydroxylation is 1. The molecule has 2 N–H and O–H groups in total. The van der Waals surface area contributed by atoms with E-state index in [4.69, 9.17) is 0 Å². The molecule has 1 aromatic rings. The van der Waals surface area contributed by atoms with E-state index in [2.05, 4.69) is 46.7 Å². The zero-order valence-corrected chi connectivity index (χ0v) is 14.4. The van der Waals surface area contributed by atoms with Crippen LogP contribution in [-0.4, -0.2) is 43.2 Å². The lowest BCUT2D eigenvalue weighted by Crippen LogP contribution is -2.41. The molecular formula is C19H31N3O. The Morgan fingerprint density at radius 1 is 1.17 bits per heavy atom.